The summed E-state index contributed by atoms with van der Waals surface area (Å²) in [4.78, 5) is 15.5. The number of rotatable bonds is 3. The lowest BCUT2D eigenvalue weighted by atomic mass is 10.2. The number of aromatic nitrogens is 1. The highest BCUT2D eigenvalue weighted by molar-refractivity contribution is 9.10. The lowest BCUT2D eigenvalue weighted by molar-refractivity contribution is 0.251. The minimum Gasteiger partial charge on any atom is -0.334 e. The Morgan fingerprint density at radius 3 is 2.89 bits per heavy atom. The van der Waals surface area contributed by atoms with Crippen molar-refractivity contribution in [3.8, 4) is 0 Å². The van der Waals surface area contributed by atoms with Gasteiger partial charge >= 0.3 is 6.03 Å². The van der Waals surface area contributed by atoms with Crippen molar-refractivity contribution in [1.82, 2.24) is 10.3 Å². The van der Waals surface area contributed by atoms with E-state index in [1.54, 1.807) is 24.5 Å². The maximum atomic E-state index is 11.6. The minimum absolute atomic E-state index is 0.247. The Balaban J connectivity index is 1.85. The third-order valence-electron chi connectivity index (χ3n) is 2.26. The predicted octanol–water partition coefficient (Wildman–Crippen LogP) is 3.17. The summed E-state index contributed by atoms with van der Waals surface area (Å²) >= 11 is 3.39. The van der Waals surface area contributed by atoms with Crippen LogP contribution in [0.25, 0.3) is 0 Å². The Kier molecular flexibility index (Phi) is 4.30. The summed E-state index contributed by atoms with van der Waals surface area (Å²) in [5, 5.41) is 5.48. The number of carbonyl (C=O) groups is 1. The molecule has 0 aliphatic rings. The highest BCUT2D eigenvalue weighted by atomic mass is 79.9. The van der Waals surface area contributed by atoms with Crippen molar-refractivity contribution >= 4 is 27.6 Å². The van der Waals surface area contributed by atoms with E-state index in [1.165, 1.54) is 0 Å². The van der Waals surface area contributed by atoms with E-state index in [2.05, 4.69) is 31.5 Å². The van der Waals surface area contributed by atoms with Gasteiger partial charge in [0.05, 0.1) is 11.9 Å². The Morgan fingerprint density at radius 2 is 2.17 bits per heavy atom. The standard InChI is InChI=1S/C13H12BrN3O/c14-11-4-1-3-10(7-11)8-16-13(18)17-12-5-2-6-15-9-12/h1-7,9H,8H2,(H2,16,17,18). The lowest BCUT2D eigenvalue weighted by Crippen LogP contribution is -2.28. The first kappa shape index (κ1) is 12.6. The van der Waals surface area contributed by atoms with Crippen LogP contribution >= 0.6 is 15.9 Å². The monoisotopic (exact) mass is 305 g/mol. The fourth-order valence-electron chi connectivity index (χ4n) is 1.44. The molecule has 2 aromatic rings. The molecule has 0 spiro atoms. The number of carbonyl (C=O) groups excluding carboxylic acids is 1. The SMILES string of the molecule is O=C(NCc1cccc(Br)c1)Nc1cccnc1. The zero-order valence-electron chi connectivity index (χ0n) is 9.56. The van der Waals surface area contributed by atoms with E-state index in [0.717, 1.165) is 10.0 Å². The molecule has 0 unspecified atom stereocenters. The first-order valence-electron chi connectivity index (χ1n) is 5.43. The van der Waals surface area contributed by atoms with Gasteiger partial charge < -0.3 is 10.6 Å². The summed E-state index contributed by atoms with van der Waals surface area (Å²) in [6.07, 6.45) is 3.25. The molecule has 0 saturated heterocycles. The summed E-state index contributed by atoms with van der Waals surface area (Å²) in [5.74, 6) is 0. The lowest BCUT2D eigenvalue weighted by Gasteiger charge is -2.07. The molecule has 1 heterocycles. The van der Waals surface area contributed by atoms with Crippen LogP contribution in [0.1, 0.15) is 5.56 Å². The van der Waals surface area contributed by atoms with Crippen molar-refractivity contribution in [1.29, 1.82) is 0 Å². The molecule has 2 N–H and O–H groups in total. The third kappa shape index (κ3) is 3.85. The molecule has 2 rings (SSSR count). The molecule has 1 aromatic carbocycles. The molecule has 4 nitrogen and oxygen atoms in total. The van der Waals surface area contributed by atoms with Crippen LogP contribution in [0.5, 0.6) is 0 Å². The zero-order chi connectivity index (χ0) is 12.8. The first-order chi connectivity index (χ1) is 8.74. The van der Waals surface area contributed by atoms with Crippen LogP contribution in [0, 0.1) is 0 Å². The number of halogens is 1. The number of hydrogen-bond donors (Lipinski definition) is 2. The average molecular weight is 306 g/mol. The quantitative estimate of drug-likeness (QED) is 0.915. The van der Waals surface area contributed by atoms with E-state index in [-0.39, 0.29) is 6.03 Å². The molecule has 0 radical (unpaired) electrons. The third-order valence-corrected chi connectivity index (χ3v) is 2.75. The molecular weight excluding hydrogens is 294 g/mol. The summed E-state index contributed by atoms with van der Waals surface area (Å²) in [7, 11) is 0. The van der Waals surface area contributed by atoms with E-state index < -0.39 is 0 Å². The van der Waals surface area contributed by atoms with Gasteiger partial charge in [0.2, 0.25) is 0 Å². The fraction of sp³-hybridized carbons (Fsp3) is 0.0769. The Bertz CT molecular complexity index is 531. The van der Waals surface area contributed by atoms with Gasteiger partial charge in [0.1, 0.15) is 0 Å². The van der Waals surface area contributed by atoms with Crippen LogP contribution in [0.4, 0.5) is 10.5 Å². The largest absolute Gasteiger partial charge is 0.334 e. The molecule has 1 aromatic heterocycles. The number of urea groups is 1. The Labute approximate surface area is 114 Å². The van der Waals surface area contributed by atoms with Crippen LogP contribution in [0.3, 0.4) is 0 Å². The molecule has 2 amide bonds. The minimum atomic E-state index is -0.247. The second kappa shape index (κ2) is 6.16. The molecule has 0 atom stereocenters. The van der Waals surface area contributed by atoms with Gasteiger partial charge in [-0.25, -0.2) is 4.79 Å². The van der Waals surface area contributed by atoms with Crippen molar-refractivity contribution in [3.05, 3.63) is 58.8 Å². The van der Waals surface area contributed by atoms with Crippen LogP contribution in [-0.2, 0) is 6.54 Å². The van der Waals surface area contributed by atoms with Crippen molar-refractivity contribution in [2.24, 2.45) is 0 Å². The summed E-state index contributed by atoms with van der Waals surface area (Å²) in [6, 6.07) is 11.1. The van der Waals surface area contributed by atoms with E-state index in [4.69, 9.17) is 0 Å². The molecule has 0 aliphatic heterocycles. The number of amides is 2. The number of pyridine rings is 1. The van der Waals surface area contributed by atoms with Crippen LogP contribution < -0.4 is 10.6 Å². The molecular formula is C13H12BrN3O. The first-order valence-corrected chi connectivity index (χ1v) is 6.22. The molecule has 0 fully saturated rings. The van der Waals surface area contributed by atoms with Gasteiger partial charge in [-0.1, -0.05) is 28.1 Å². The molecule has 92 valence electrons. The van der Waals surface area contributed by atoms with E-state index in [9.17, 15) is 4.79 Å². The molecule has 0 aliphatic carbocycles. The van der Waals surface area contributed by atoms with Gasteiger partial charge in [0, 0.05) is 17.2 Å². The van der Waals surface area contributed by atoms with Gasteiger partial charge in [-0.3, -0.25) is 4.98 Å². The molecule has 18 heavy (non-hydrogen) atoms. The number of nitrogens with one attached hydrogen (secondary N) is 2. The Hall–Kier alpha value is -1.88. The van der Waals surface area contributed by atoms with Crippen LogP contribution in [0.15, 0.2) is 53.3 Å². The summed E-state index contributed by atoms with van der Waals surface area (Å²) in [5.41, 5.74) is 1.70. The fourth-order valence-corrected chi connectivity index (χ4v) is 1.89. The normalized spacial score (nSPS) is 9.83. The molecule has 0 saturated carbocycles. The topological polar surface area (TPSA) is 54.0 Å². The highest BCUT2D eigenvalue weighted by Crippen LogP contribution is 2.11. The van der Waals surface area contributed by atoms with Crippen molar-refractivity contribution in [2.45, 2.75) is 6.54 Å². The van der Waals surface area contributed by atoms with Crippen molar-refractivity contribution < 1.29 is 4.79 Å². The molecule has 5 heteroatoms. The van der Waals surface area contributed by atoms with E-state index in [1.807, 2.05) is 24.3 Å². The summed E-state index contributed by atoms with van der Waals surface area (Å²) in [6.45, 7) is 0.478. The van der Waals surface area contributed by atoms with E-state index in [0.29, 0.717) is 12.2 Å². The maximum absolute atomic E-state index is 11.6. The summed E-state index contributed by atoms with van der Waals surface area (Å²) < 4.78 is 0.995. The number of benzene rings is 1. The Morgan fingerprint density at radius 1 is 1.28 bits per heavy atom. The number of anilines is 1. The second-order valence-corrected chi connectivity index (χ2v) is 4.59. The van der Waals surface area contributed by atoms with Crippen molar-refractivity contribution in [3.63, 3.8) is 0 Å². The van der Waals surface area contributed by atoms with Gasteiger partial charge in [0.15, 0.2) is 0 Å². The van der Waals surface area contributed by atoms with Gasteiger partial charge in [-0.05, 0) is 29.8 Å². The van der Waals surface area contributed by atoms with Crippen LogP contribution in [-0.4, -0.2) is 11.0 Å². The van der Waals surface area contributed by atoms with Crippen molar-refractivity contribution in [2.75, 3.05) is 5.32 Å². The van der Waals surface area contributed by atoms with Gasteiger partial charge in [0.25, 0.3) is 0 Å². The molecule has 0 bridgehead atoms. The smallest absolute Gasteiger partial charge is 0.319 e. The maximum Gasteiger partial charge on any atom is 0.319 e. The predicted molar refractivity (Wildman–Crippen MR) is 74.2 cm³/mol. The highest BCUT2D eigenvalue weighted by Gasteiger charge is 2.01. The zero-order valence-corrected chi connectivity index (χ0v) is 11.1. The number of hydrogen-bond acceptors (Lipinski definition) is 2. The second-order valence-electron chi connectivity index (χ2n) is 3.68. The van der Waals surface area contributed by atoms with E-state index >= 15 is 0 Å². The van der Waals surface area contributed by atoms with Gasteiger partial charge in [-0.2, -0.15) is 0 Å². The van der Waals surface area contributed by atoms with Crippen LogP contribution in [0.2, 0.25) is 0 Å². The number of nitrogens with zero attached hydrogens (tertiary/aromatic N) is 1. The average Bonchev–Trinajstić information content (AvgIpc) is 2.38. The van der Waals surface area contributed by atoms with Gasteiger partial charge in [-0.15, -0.1) is 0 Å².